The van der Waals surface area contributed by atoms with Crippen molar-refractivity contribution in [2.75, 3.05) is 11.5 Å². The van der Waals surface area contributed by atoms with E-state index in [-0.39, 0.29) is 22.0 Å². The highest BCUT2D eigenvalue weighted by Gasteiger charge is 2.39. The van der Waals surface area contributed by atoms with E-state index in [2.05, 4.69) is 4.72 Å². The van der Waals surface area contributed by atoms with Gasteiger partial charge in [0.2, 0.25) is 10.0 Å². The fourth-order valence-electron chi connectivity index (χ4n) is 2.09. The van der Waals surface area contributed by atoms with Gasteiger partial charge in [-0.15, -0.1) is 11.6 Å². The zero-order chi connectivity index (χ0) is 15.1. The van der Waals surface area contributed by atoms with Gasteiger partial charge in [0.15, 0.2) is 9.84 Å². The molecule has 1 saturated heterocycles. The minimum Gasteiger partial charge on any atom is -0.229 e. The Labute approximate surface area is 122 Å². The van der Waals surface area contributed by atoms with Crippen molar-refractivity contribution in [2.45, 2.75) is 23.2 Å². The van der Waals surface area contributed by atoms with Gasteiger partial charge in [0.05, 0.1) is 27.8 Å². The van der Waals surface area contributed by atoms with E-state index in [0.717, 1.165) is 18.2 Å². The molecule has 1 heterocycles. The van der Waals surface area contributed by atoms with E-state index in [1.165, 1.54) is 6.92 Å². The molecule has 0 radical (unpaired) electrons. The summed E-state index contributed by atoms with van der Waals surface area (Å²) >= 11 is 5.86. The number of hydrogen-bond acceptors (Lipinski definition) is 4. The Bertz CT molecular complexity index is 733. The maximum Gasteiger partial charge on any atom is 0.241 e. The number of hydrogen-bond donors (Lipinski definition) is 1. The number of alkyl halides is 1. The predicted octanol–water partition coefficient (Wildman–Crippen LogP) is 0.817. The molecule has 0 aromatic heterocycles. The van der Waals surface area contributed by atoms with Gasteiger partial charge in [-0.3, -0.25) is 0 Å². The smallest absolute Gasteiger partial charge is 0.229 e. The Hall–Kier alpha value is -0.700. The Morgan fingerprint density at radius 1 is 1.35 bits per heavy atom. The summed E-state index contributed by atoms with van der Waals surface area (Å²) in [5.41, 5.74) is 0.240. The van der Waals surface area contributed by atoms with Gasteiger partial charge < -0.3 is 0 Å². The largest absolute Gasteiger partial charge is 0.241 e. The van der Waals surface area contributed by atoms with Crippen molar-refractivity contribution in [3.8, 4) is 0 Å². The zero-order valence-corrected chi connectivity index (χ0v) is 12.9. The van der Waals surface area contributed by atoms with Gasteiger partial charge in [-0.1, -0.05) is 0 Å². The van der Waals surface area contributed by atoms with E-state index in [1.807, 2.05) is 0 Å². The average molecular weight is 342 g/mol. The highest BCUT2D eigenvalue weighted by molar-refractivity contribution is 7.92. The van der Waals surface area contributed by atoms with Crippen LogP contribution >= 0.6 is 11.6 Å². The SMILES string of the molecule is Cc1cc(F)ccc1S(=O)(=O)NC1CS(=O)(=O)CC1Cl. The molecule has 5 nitrogen and oxygen atoms in total. The number of aryl methyl sites for hydroxylation is 1. The van der Waals surface area contributed by atoms with E-state index < -0.39 is 37.1 Å². The van der Waals surface area contributed by atoms with Crippen LogP contribution in [0.1, 0.15) is 5.56 Å². The molecule has 1 aliphatic heterocycles. The van der Waals surface area contributed by atoms with Crippen molar-refractivity contribution in [3.63, 3.8) is 0 Å². The van der Waals surface area contributed by atoms with Crippen molar-refractivity contribution in [3.05, 3.63) is 29.6 Å². The van der Waals surface area contributed by atoms with E-state index in [0.29, 0.717) is 0 Å². The minimum atomic E-state index is -3.94. The first-order chi connectivity index (χ1) is 9.11. The summed E-state index contributed by atoms with van der Waals surface area (Å²) in [5.74, 6) is -1.13. The van der Waals surface area contributed by atoms with Crippen molar-refractivity contribution >= 4 is 31.5 Å². The quantitative estimate of drug-likeness (QED) is 0.825. The lowest BCUT2D eigenvalue weighted by molar-refractivity contribution is 0.562. The molecule has 0 aliphatic carbocycles. The number of rotatable bonds is 3. The first kappa shape index (κ1) is 15.7. The molecule has 2 atom stereocenters. The highest BCUT2D eigenvalue weighted by atomic mass is 35.5. The molecule has 0 amide bonds. The molecule has 0 spiro atoms. The van der Waals surface area contributed by atoms with E-state index in [9.17, 15) is 21.2 Å². The monoisotopic (exact) mass is 341 g/mol. The van der Waals surface area contributed by atoms with Crippen LogP contribution in [0, 0.1) is 12.7 Å². The van der Waals surface area contributed by atoms with Gasteiger partial charge in [-0.05, 0) is 30.7 Å². The van der Waals surface area contributed by atoms with Gasteiger partial charge >= 0.3 is 0 Å². The summed E-state index contributed by atoms with van der Waals surface area (Å²) in [6.45, 7) is 1.46. The molecular weight excluding hydrogens is 329 g/mol. The summed E-state index contributed by atoms with van der Waals surface area (Å²) in [6, 6.07) is 2.39. The molecule has 112 valence electrons. The molecule has 9 heteroatoms. The molecule has 1 fully saturated rings. The number of halogens is 2. The summed E-state index contributed by atoms with van der Waals surface area (Å²) in [5, 5.41) is -0.810. The van der Waals surface area contributed by atoms with Gasteiger partial charge in [0, 0.05) is 0 Å². The molecular formula is C11H13ClFNO4S2. The molecule has 0 bridgehead atoms. The number of nitrogens with one attached hydrogen (secondary N) is 1. The number of benzene rings is 1. The lowest BCUT2D eigenvalue weighted by atomic mass is 10.2. The molecule has 1 N–H and O–H groups in total. The Morgan fingerprint density at radius 3 is 2.50 bits per heavy atom. The fraction of sp³-hybridized carbons (Fsp3) is 0.455. The van der Waals surface area contributed by atoms with Crippen LogP contribution in [0.5, 0.6) is 0 Å². The third-order valence-corrected chi connectivity index (χ3v) is 7.04. The van der Waals surface area contributed by atoms with Gasteiger partial charge in [0.1, 0.15) is 5.82 Å². The molecule has 2 unspecified atom stereocenters. The van der Waals surface area contributed by atoms with Crippen molar-refractivity contribution < 1.29 is 21.2 Å². The summed E-state index contributed by atoms with van der Waals surface area (Å²) < 4.78 is 62.5. The van der Waals surface area contributed by atoms with Crippen molar-refractivity contribution in [2.24, 2.45) is 0 Å². The maximum absolute atomic E-state index is 13.0. The second-order valence-electron chi connectivity index (χ2n) is 4.73. The maximum atomic E-state index is 13.0. The van der Waals surface area contributed by atoms with Crippen molar-refractivity contribution in [1.29, 1.82) is 0 Å². The second kappa shape index (κ2) is 5.25. The first-order valence-corrected chi connectivity index (χ1v) is 9.48. The third-order valence-electron chi connectivity index (χ3n) is 3.02. The molecule has 20 heavy (non-hydrogen) atoms. The molecule has 1 aromatic carbocycles. The van der Waals surface area contributed by atoms with Crippen LogP contribution in [0.25, 0.3) is 0 Å². The predicted molar refractivity (Wildman–Crippen MR) is 73.5 cm³/mol. The number of sulfonamides is 1. The summed E-state index contributed by atoms with van der Waals surface area (Å²) in [6.07, 6.45) is 0. The molecule has 1 aliphatic rings. The van der Waals surface area contributed by atoms with Gasteiger partial charge in [-0.25, -0.2) is 25.9 Å². The minimum absolute atomic E-state index is 0.0907. The number of sulfone groups is 1. The first-order valence-electron chi connectivity index (χ1n) is 5.74. The standard InChI is InChI=1S/C11H13ClFNO4S2/c1-7-4-8(13)2-3-11(7)20(17,18)14-10-6-19(15,16)5-9(10)12/h2-4,9-10,14H,5-6H2,1H3. The van der Waals surface area contributed by atoms with Crippen LogP contribution in [-0.2, 0) is 19.9 Å². The van der Waals surface area contributed by atoms with Crippen LogP contribution in [0.3, 0.4) is 0 Å². The topological polar surface area (TPSA) is 80.3 Å². The molecule has 0 saturated carbocycles. The van der Waals surface area contributed by atoms with Crippen LogP contribution in [0.4, 0.5) is 4.39 Å². The molecule has 2 rings (SSSR count). The second-order valence-corrected chi connectivity index (χ2v) is 9.13. The molecule has 1 aromatic rings. The lowest BCUT2D eigenvalue weighted by Gasteiger charge is -2.15. The zero-order valence-electron chi connectivity index (χ0n) is 10.5. The summed E-state index contributed by atoms with van der Waals surface area (Å²) in [4.78, 5) is -0.0907. The van der Waals surface area contributed by atoms with Crippen LogP contribution in [0.15, 0.2) is 23.1 Å². The van der Waals surface area contributed by atoms with E-state index in [4.69, 9.17) is 11.6 Å². The Balaban J connectivity index is 2.28. The fourth-order valence-corrected chi connectivity index (χ4v) is 6.32. The van der Waals surface area contributed by atoms with Crippen LogP contribution in [0.2, 0.25) is 0 Å². The normalized spacial score (nSPS) is 25.8. The van der Waals surface area contributed by atoms with E-state index in [1.54, 1.807) is 0 Å². The van der Waals surface area contributed by atoms with Crippen molar-refractivity contribution in [1.82, 2.24) is 4.72 Å². The Kier molecular flexibility index (Phi) is 4.12. The highest BCUT2D eigenvalue weighted by Crippen LogP contribution is 2.22. The van der Waals surface area contributed by atoms with E-state index >= 15 is 0 Å². The Morgan fingerprint density at radius 2 is 2.00 bits per heavy atom. The van der Waals surface area contributed by atoms with Gasteiger partial charge in [-0.2, -0.15) is 0 Å². The van der Waals surface area contributed by atoms with Crippen LogP contribution < -0.4 is 4.72 Å². The van der Waals surface area contributed by atoms with Gasteiger partial charge in [0.25, 0.3) is 0 Å². The average Bonchev–Trinajstić information content (AvgIpc) is 2.50. The summed E-state index contributed by atoms with van der Waals surface area (Å²) in [7, 11) is -7.27. The van der Waals surface area contributed by atoms with Crippen LogP contribution in [-0.4, -0.2) is 39.8 Å². The lowest BCUT2D eigenvalue weighted by Crippen LogP contribution is -2.40. The third kappa shape index (κ3) is 3.30.